The molecule has 0 aromatic carbocycles. The third kappa shape index (κ3) is 7.54. The monoisotopic (exact) mass is 376 g/mol. The molecule has 1 aliphatic heterocycles. The molecule has 1 saturated heterocycles. The van der Waals surface area contributed by atoms with Gasteiger partial charge in [0.25, 0.3) is 5.91 Å². The molecule has 7 heteroatoms. The highest BCUT2D eigenvalue weighted by Crippen LogP contribution is 2.10. The van der Waals surface area contributed by atoms with Gasteiger partial charge in [-0.15, -0.1) is 0 Å². The number of nitrogens with zero attached hydrogens (tertiary/aromatic N) is 3. The molecule has 1 aromatic rings. The van der Waals surface area contributed by atoms with Crippen LogP contribution in [0.5, 0.6) is 0 Å². The number of hydrogen-bond acceptors (Lipinski definition) is 5. The lowest BCUT2D eigenvalue weighted by Crippen LogP contribution is -2.47. The number of carbonyl (C=O) groups is 2. The molecular weight excluding hydrogens is 344 g/mol. The Kier molecular flexibility index (Phi) is 7.59. The Morgan fingerprint density at radius 2 is 2.00 bits per heavy atom. The standard InChI is InChI=1S/C20H32N4O3/c1-16(22-19(26)27-20(2,3)4)15-24(14-13-23-11-7-8-12-23)18(25)17-9-5-6-10-21-17/h5-6,9-10,16H,7-8,11-15H2,1-4H3,(H,22,26)/t16-/m1/s1. The lowest BCUT2D eigenvalue weighted by Gasteiger charge is -2.29. The van der Waals surface area contributed by atoms with E-state index in [1.807, 2.05) is 27.7 Å². The van der Waals surface area contributed by atoms with Crippen LogP contribution in [0.3, 0.4) is 0 Å². The number of likely N-dealkylation sites (tertiary alicyclic amines) is 1. The van der Waals surface area contributed by atoms with E-state index in [1.165, 1.54) is 12.8 Å². The first-order valence-corrected chi connectivity index (χ1v) is 9.67. The predicted molar refractivity (Wildman–Crippen MR) is 105 cm³/mol. The zero-order chi connectivity index (χ0) is 19.9. The molecule has 0 saturated carbocycles. The van der Waals surface area contributed by atoms with Gasteiger partial charge in [0.1, 0.15) is 11.3 Å². The van der Waals surface area contributed by atoms with Gasteiger partial charge in [-0.1, -0.05) is 6.07 Å². The maximum Gasteiger partial charge on any atom is 0.407 e. The van der Waals surface area contributed by atoms with Crippen molar-refractivity contribution < 1.29 is 14.3 Å². The third-order valence-corrected chi connectivity index (χ3v) is 4.31. The predicted octanol–water partition coefficient (Wildman–Crippen LogP) is 2.53. The molecule has 0 bridgehead atoms. The minimum Gasteiger partial charge on any atom is -0.444 e. The molecule has 150 valence electrons. The van der Waals surface area contributed by atoms with Gasteiger partial charge in [-0.25, -0.2) is 4.79 Å². The summed E-state index contributed by atoms with van der Waals surface area (Å²) in [4.78, 5) is 33.2. The summed E-state index contributed by atoms with van der Waals surface area (Å²) in [5, 5.41) is 2.81. The third-order valence-electron chi connectivity index (χ3n) is 4.31. The lowest BCUT2D eigenvalue weighted by atomic mass is 10.2. The second-order valence-electron chi connectivity index (χ2n) is 8.06. The van der Waals surface area contributed by atoms with E-state index >= 15 is 0 Å². The highest BCUT2D eigenvalue weighted by molar-refractivity contribution is 5.92. The van der Waals surface area contributed by atoms with Gasteiger partial charge in [-0.2, -0.15) is 0 Å². The van der Waals surface area contributed by atoms with E-state index in [0.29, 0.717) is 18.8 Å². The van der Waals surface area contributed by atoms with Crippen LogP contribution in [0.25, 0.3) is 0 Å². The summed E-state index contributed by atoms with van der Waals surface area (Å²) in [5.41, 5.74) is -0.133. The molecule has 1 atom stereocenters. The Balaban J connectivity index is 1.97. The number of rotatable bonds is 7. The number of pyridine rings is 1. The van der Waals surface area contributed by atoms with Crippen molar-refractivity contribution in [3.05, 3.63) is 30.1 Å². The van der Waals surface area contributed by atoms with Gasteiger partial charge < -0.3 is 19.9 Å². The van der Waals surface area contributed by atoms with Crippen molar-refractivity contribution in [2.75, 3.05) is 32.7 Å². The average molecular weight is 377 g/mol. The van der Waals surface area contributed by atoms with Crippen molar-refractivity contribution in [2.45, 2.75) is 52.2 Å². The molecule has 1 fully saturated rings. The molecule has 1 aromatic heterocycles. The molecule has 0 spiro atoms. The maximum atomic E-state index is 12.9. The number of ether oxygens (including phenoxy) is 1. The first-order valence-electron chi connectivity index (χ1n) is 9.67. The van der Waals surface area contributed by atoms with E-state index in [0.717, 1.165) is 19.6 Å². The number of hydrogen-bond donors (Lipinski definition) is 1. The second kappa shape index (κ2) is 9.69. The molecule has 2 rings (SSSR count). The summed E-state index contributed by atoms with van der Waals surface area (Å²) in [7, 11) is 0. The van der Waals surface area contributed by atoms with E-state index in [-0.39, 0.29) is 11.9 Å². The minimum atomic E-state index is -0.553. The Bertz CT molecular complexity index is 609. The topological polar surface area (TPSA) is 74.8 Å². The molecule has 27 heavy (non-hydrogen) atoms. The summed E-state index contributed by atoms with van der Waals surface area (Å²) in [6, 6.07) is 5.09. The summed E-state index contributed by atoms with van der Waals surface area (Å²) in [6.45, 7) is 11.3. The molecule has 1 aliphatic rings. The second-order valence-corrected chi connectivity index (χ2v) is 8.06. The Morgan fingerprint density at radius 3 is 2.59 bits per heavy atom. The van der Waals surface area contributed by atoms with E-state index in [2.05, 4.69) is 15.2 Å². The largest absolute Gasteiger partial charge is 0.444 e. The number of carbonyl (C=O) groups excluding carboxylic acids is 2. The zero-order valence-corrected chi connectivity index (χ0v) is 16.9. The van der Waals surface area contributed by atoms with Gasteiger partial charge in [0, 0.05) is 31.9 Å². The molecular formula is C20H32N4O3. The van der Waals surface area contributed by atoms with Crippen LogP contribution >= 0.6 is 0 Å². The fraction of sp³-hybridized carbons (Fsp3) is 0.650. The van der Waals surface area contributed by atoms with E-state index < -0.39 is 11.7 Å². The number of alkyl carbamates (subject to hydrolysis) is 1. The zero-order valence-electron chi connectivity index (χ0n) is 16.9. The normalized spacial score (nSPS) is 16.0. The Morgan fingerprint density at radius 1 is 1.30 bits per heavy atom. The summed E-state index contributed by atoms with van der Waals surface area (Å²) in [6.07, 6.45) is 3.57. The summed E-state index contributed by atoms with van der Waals surface area (Å²) >= 11 is 0. The van der Waals surface area contributed by atoms with Gasteiger partial charge >= 0.3 is 6.09 Å². The van der Waals surface area contributed by atoms with Crippen LogP contribution in [0.15, 0.2) is 24.4 Å². The van der Waals surface area contributed by atoms with Gasteiger partial charge in [0.2, 0.25) is 0 Å². The van der Waals surface area contributed by atoms with E-state index in [4.69, 9.17) is 4.74 Å². The molecule has 2 heterocycles. The molecule has 2 amide bonds. The smallest absolute Gasteiger partial charge is 0.407 e. The van der Waals surface area contributed by atoms with Crippen LogP contribution in [0.4, 0.5) is 4.79 Å². The van der Waals surface area contributed by atoms with Gasteiger partial charge in [-0.3, -0.25) is 9.78 Å². The molecule has 0 unspecified atom stereocenters. The SMILES string of the molecule is C[C@H](CN(CCN1CCCC1)C(=O)c1ccccn1)NC(=O)OC(C)(C)C. The number of nitrogens with one attached hydrogen (secondary N) is 1. The molecule has 0 aliphatic carbocycles. The summed E-state index contributed by atoms with van der Waals surface area (Å²) in [5.74, 6) is -0.118. The van der Waals surface area contributed by atoms with Crippen molar-refractivity contribution in [2.24, 2.45) is 0 Å². The minimum absolute atomic E-state index is 0.118. The van der Waals surface area contributed by atoms with Crippen LogP contribution in [0, 0.1) is 0 Å². The van der Waals surface area contributed by atoms with E-state index in [9.17, 15) is 9.59 Å². The Labute approximate surface area is 162 Å². The van der Waals surface area contributed by atoms with Gasteiger partial charge in [0.05, 0.1) is 0 Å². The summed E-state index contributed by atoms with van der Waals surface area (Å²) < 4.78 is 5.30. The fourth-order valence-electron chi connectivity index (χ4n) is 3.08. The van der Waals surface area contributed by atoms with Crippen molar-refractivity contribution in [3.8, 4) is 0 Å². The van der Waals surface area contributed by atoms with Crippen LogP contribution in [-0.4, -0.2) is 71.2 Å². The van der Waals surface area contributed by atoms with Crippen molar-refractivity contribution in [3.63, 3.8) is 0 Å². The van der Waals surface area contributed by atoms with Crippen molar-refractivity contribution in [1.82, 2.24) is 20.1 Å². The fourth-order valence-corrected chi connectivity index (χ4v) is 3.08. The van der Waals surface area contributed by atoms with Crippen molar-refractivity contribution >= 4 is 12.0 Å². The van der Waals surface area contributed by atoms with Crippen LogP contribution in [0.2, 0.25) is 0 Å². The Hall–Kier alpha value is -2.15. The molecule has 7 nitrogen and oxygen atoms in total. The number of amides is 2. The van der Waals surface area contributed by atoms with Crippen LogP contribution in [-0.2, 0) is 4.74 Å². The lowest BCUT2D eigenvalue weighted by molar-refractivity contribution is 0.0482. The maximum absolute atomic E-state index is 12.9. The highest BCUT2D eigenvalue weighted by atomic mass is 16.6. The van der Waals surface area contributed by atoms with Gasteiger partial charge in [0.15, 0.2) is 0 Å². The highest BCUT2D eigenvalue weighted by Gasteiger charge is 2.23. The number of aromatic nitrogens is 1. The first kappa shape index (κ1) is 21.2. The first-order chi connectivity index (χ1) is 12.7. The molecule has 0 radical (unpaired) electrons. The van der Waals surface area contributed by atoms with Crippen LogP contribution in [0.1, 0.15) is 51.0 Å². The van der Waals surface area contributed by atoms with Crippen molar-refractivity contribution in [1.29, 1.82) is 0 Å². The quantitative estimate of drug-likeness (QED) is 0.791. The average Bonchev–Trinajstić information content (AvgIpc) is 3.10. The van der Waals surface area contributed by atoms with E-state index in [1.54, 1.807) is 29.3 Å². The van der Waals surface area contributed by atoms with Gasteiger partial charge in [-0.05, 0) is 65.8 Å². The molecule has 1 N–H and O–H groups in total. The van der Waals surface area contributed by atoms with Crippen LogP contribution < -0.4 is 5.32 Å².